The maximum absolute atomic E-state index is 12.3. The quantitative estimate of drug-likeness (QED) is 0.590. The highest BCUT2D eigenvalue weighted by Crippen LogP contribution is 2.23. The van der Waals surface area contributed by atoms with E-state index < -0.39 is 0 Å². The van der Waals surface area contributed by atoms with Crippen LogP contribution in [0.1, 0.15) is 37.1 Å². The number of hydrogen-bond donors (Lipinski definition) is 1. The number of aryl methyl sites for hydroxylation is 2. The predicted molar refractivity (Wildman–Crippen MR) is 125 cm³/mol. The van der Waals surface area contributed by atoms with Gasteiger partial charge in [-0.25, -0.2) is 4.98 Å². The molecule has 31 heavy (non-hydrogen) atoms. The number of nitrogens with one attached hydrogen (secondary N) is 1. The molecule has 1 amide bonds. The van der Waals surface area contributed by atoms with Crippen LogP contribution in [0.2, 0.25) is 5.02 Å². The van der Waals surface area contributed by atoms with Gasteiger partial charge in [-0.2, -0.15) is 0 Å². The molecule has 2 heterocycles. The number of likely N-dealkylation sites (tertiary alicyclic amines) is 1. The monoisotopic (exact) mass is 440 g/mol. The minimum atomic E-state index is -0.215. The first-order valence-corrected chi connectivity index (χ1v) is 11.2. The van der Waals surface area contributed by atoms with E-state index >= 15 is 0 Å². The molecule has 0 atom stereocenters. The average Bonchev–Trinajstić information content (AvgIpc) is 2.91. The third kappa shape index (κ3) is 5.38. The number of anilines is 1. The zero-order valence-electron chi connectivity index (χ0n) is 18.2. The fourth-order valence-corrected chi connectivity index (χ4v) is 4.13. The smallest absolute Gasteiger partial charge is 0.262 e. The summed E-state index contributed by atoms with van der Waals surface area (Å²) >= 11 is 6.03. The fraction of sp³-hybridized carbons (Fsp3) is 0.417. The van der Waals surface area contributed by atoms with Gasteiger partial charge in [0.25, 0.3) is 5.91 Å². The van der Waals surface area contributed by atoms with Crippen molar-refractivity contribution >= 4 is 34.2 Å². The van der Waals surface area contributed by atoms with Crippen molar-refractivity contribution in [3.05, 3.63) is 52.8 Å². The van der Waals surface area contributed by atoms with E-state index in [1.54, 1.807) is 12.1 Å². The number of rotatable bonds is 6. The predicted octanol–water partition coefficient (Wildman–Crippen LogP) is 4.93. The highest BCUT2D eigenvalue weighted by atomic mass is 35.5. The number of ether oxygens (including phenoxy) is 1. The summed E-state index contributed by atoms with van der Waals surface area (Å²) in [5.74, 6) is 1.46. The number of fused-ring (bicyclic) bond motifs is 1. The van der Waals surface area contributed by atoms with Crippen molar-refractivity contribution in [1.82, 2.24) is 14.5 Å². The Balaban J connectivity index is 1.40. The molecular weight excluding hydrogens is 412 g/mol. The van der Waals surface area contributed by atoms with E-state index in [2.05, 4.69) is 21.8 Å². The molecular formula is C24H29ClN4O2. The number of nitrogens with zero attached hydrogens (tertiary/aromatic N) is 3. The number of halogens is 1. The van der Waals surface area contributed by atoms with Crippen molar-refractivity contribution in [2.24, 2.45) is 7.05 Å². The molecule has 1 aliphatic heterocycles. The van der Waals surface area contributed by atoms with Crippen LogP contribution in [0.5, 0.6) is 5.75 Å². The Hall–Kier alpha value is -2.57. The highest BCUT2D eigenvalue weighted by Gasteiger charge is 2.15. The maximum Gasteiger partial charge on any atom is 0.262 e. The van der Waals surface area contributed by atoms with Gasteiger partial charge in [-0.05, 0) is 74.8 Å². The molecule has 3 aromatic rings. The fourth-order valence-electron chi connectivity index (χ4n) is 4.02. The van der Waals surface area contributed by atoms with E-state index in [1.165, 1.54) is 25.7 Å². The van der Waals surface area contributed by atoms with Gasteiger partial charge >= 0.3 is 0 Å². The van der Waals surface area contributed by atoms with E-state index in [1.807, 2.05) is 31.2 Å². The zero-order valence-corrected chi connectivity index (χ0v) is 18.9. The lowest BCUT2D eigenvalue weighted by molar-refractivity contribution is -0.118. The SMILES string of the molecule is Cc1cc(OCC(=O)Nc2ccc3c(c2)nc(CN2CCCCCC2)n3C)ccc1Cl. The van der Waals surface area contributed by atoms with Gasteiger partial charge in [-0.15, -0.1) is 0 Å². The molecule has 1 N–H and O–H groups in total. The van der Waals surface area contributed by atoms with Crippen molar-refractivity contribution in [3.8, 4) is 5.75 Å². The number of benzene rings is 2. The molecule has 1 aliphatic rings. The number of aromatic nitrogens is 2. The molecule has 1 saturated heterocycles. The van der Waals surface area contributed by atoms with Crippen molar-refractivity contribution in [1.29, 1.82) is 0 Å². The number of imidazole rings is 1. The van der Waals surface area contributed by atoms with E-state index in [9.17, 15) is 4.79 Å². The van der Waals surface area contributed by atoms with Crippen molar-refractivity contribution in [3.63, 3.8) is 0 Å². The first kappa shape index (κ1) is 21.7. The highest BCUT2D eigenvalue weighted by molar-refractivity contribution is 6.31. The second kappa shape index (κ2) is 9.71. The Labute approximate surface area is 188 Å². The second-order valence-corrected chi connectivity index (χ2v) is 8.64. The molecule has 6 nitrogen and oxygen atoms in total. The minimum absolute atomic E-state index is 0.0679. The van der Waals surface area contributed by atoms with Crippen LogP contribution in [0.25, 0.3) is 11.0 Å². The van der Waals surface area contributed by atoms with Crippen molar-refractivity contribution < 1.29 is 9.53 Å². The van der Waals surface area contributed by atoms with Gasteiger partial charge in [0, 0.05) is 17.8 Å². The summed E-state index contributed by atoms with van der Waals surface area (Å²) in [6.07, 6.45) is 5.17. The average molecular weight is 441 g/mol. The van der Waals surface area contributed by atoms with Crippen LogP contribution in [-0.4, -0.2) is 40.1 Å². The summed E-state index contributed by atoms with van der Waals surface area (Å²) < 4.78 is 7.74. The molecule has 164 valence electrons. The number of carbonyl (C=O) groups excluding carboxylic acids is 1. The van der Waals surface area contributed by atoms with Crippen LogP contribution in [0, 0.1) is 6.92 Å². The van der Waals surface area contributed by atoms with E-state index in [4.69, 9.17) is 21.3 Å². The van der Waals surface area contributed by atoms with Gasteiger partial charge in [0.05, 0.1) is 17.6 Å². The van der Waals surface area contributed by atoms with Crippen LogP contribution in [0.15, 0.2) is 36.4 Å². The standard InChI is InChI=1S/C24H29ClN4O2/c1-17-13-19(8-9-20(17)25)31-16-24(30)26-18-7-10-22-21(14-18)27-23(28(22)2)15-29-11-5-3-4-6-12-29/h7-10,13-14H,3-6,11-12,15-16H2,1-2H3,(H,26,30). The normalized spacial score (nSPS) is 15.1. The molecule has 4 rings (SSSR count). The Morgan fingerprint density at radius 3 is 2.65 bits per heavy atom. The Bertz CT molecular complexity index is 1070. The first-order valence-electron chi connectivity index (χ1n) is 10.9. The largest absolute Gasteiger partial charge is 0.484 e. The molecule has 0 radical (unpaired) electrons. The molecule has 0 saturated carbocycles. The van der Waals surface area contributed by atoms with Gasteiger partial charge in [-0.3, -0.25) is 9.69 Å². The third-order valence-electron chi connectivity index (χ3n) is 5.82. The molecule has 0 bridgehead atoms. The van der Waals surface area contributed by atoms with Crippen LogP contribution in [0.3, 0.4) is 0 Å². The van der Waals surface area contributed by atoms with Gasteiger partial charge in [0.1, 0.15) is 11.6 Å². The second-order valence-electron chi connectivity index (χ2n) is 8.23. The van der Waals surface area contributed by atoms with Crippen molar-refractivity contribution in [2.75, 3.05) is 25.0 Å². The molecule has 0 aliphatic carbocycles. The number of amides is 1. The van der Waals surface area contributed by atoms with Crippen molar-refractivity contribution in [2.45, 2.75) is 39.2 Å². The van der Waals surface area contributed by atoms with Crippen LogP contribution in [-0.2, 0) is 18.4 Å². The summed E-state index contributed by atoms with van der Waals surface area (Å²) in [5.41, 5.74) is 3.58. The van der Waals surface area contributed by atoms with E-state index in [0.717, 1.165) is 42.1 Å². The summed E-state index contributed by atoms with van der Waals surface area (Å²) in [5, 5.41) is 3.58. The summed E-state index contributed by atoms with van der Waals surface area (Å²) in [6, 6.07) is 11.2. The Kier molecular flexibility index (Phi) is 6.78. The van der Waals surface area contributed by atoms with Crippen LogP contribution >= 0.6 is 11.6 Å². The maximum atomic E-state index is 12.3. The molecule has 0 unspecified atom stereocenters. The topological polar surface area (TPSA) is 59.4 Å². The van der Waals surface area contributed by atoms with Crippen LogP contribution in [0.4, 0.5) is 5.69 Å². The Morgan fingerprint density at radius 2 is 1.90 bits per heavy atom. The number of carbonyl (C=O) groups is 1. The third-order valence-corrected chi connectivity index (χ3v) is 6.24. The van der Waals surface area contributed by atoms with E-state index in [-0.39, 0.29) is 12.5 Å². The molecule has 7 heteroatoms. The van der Waals surface area contributed by atoms with Gasteiger partial charge in [0.15, 0.2) is 6.61 Å². The first-order chi connectivity index (χ1) is 15.0. The van der Waals surface area contributed by atoms with Crippen LogP contribution < -0.4 is 10.1 Å². The summed E-state index contributed by atoms with van der Waals surface area (Å²) in [7, 11) is 2.06. The molecule has 1 aromatic heterocycles. The zero-order chi connectivity index (χ0) is 21.8. The lowest BCUT2D eigenvalue weighted by Gasteiger charge is -2.19. The Morgan fingerprint density at radius 1 is 1.13 bits per heavy atom. The number of hydrogen-bond acceptors (Lipinski definition) is 4. The molecule has 1 fully saturated rings. The van der Waals surface area contributed by atoms with Gasteiger partial charge in [-0.1, -0.05) is 24.4 Å². The minimum Gasteiger partial charge on any atom is -0.484 e. The van der Waals surface area contributed by atoms with Gasteiger partial charge in [0.2, 0.25) is 0 Å². The molecule has 0 spiro atoms. The lowest BCUT2D eigenvalue weighted by Crippen LogP contribution is -2.25. The van der Waals surface area contributed by atoms with E-state index in [0.29, 0.717) is 16.5 Å². The summed E-state index contributed by atoms with van der Waals surface area (Å²) in [4.78, 5) is 19.7. The van der Waals surface area contributed by atoms with Gasteiger partial charge < -0.3 is 14.6 Å². The summed E-state index contributed by atoms with van der Waals surface area (Å²) in [6.45, 7) is 4.97. The molecule has 2 aromatic carbocycles. The lowest BCUT2D eigenvalue weighted by atomic mass is 10.2.